The van der Waals surface area contributed by atoms with Gasteiger partial charge in [-0.05, 0) is 42.4 Å². The Labute approximate surface area is 123 Å². The Kier molecular flexibility index (Phi) is 6.85. The van der Waals surface area contributed by atoms with Gasteiger partial charge in [0, 0.05) is 13.7 Å². The first-order valence-corrected chi connectivity index (χ1v) is 7.54. The molecule has 4 nitrogen and oxygen atoms in total. The molecule has 1 atom stereocenters. The lowest BCUT2D eigenvalue weighted by molar-refractivity contribution is 0.112. The van der Waals surface area contributed by atoms with Crippen LogP contribution in [0.4, 0.5) is 5.82 Å². The van der Waals surface area contributed by atoms with E-state index in [1.165, 1.54) is 0 Å². The molecule has 0 radical (unpaired) electrons. The third-order valence-electron chi connectivity index (χ3n) is 2.68. The van der Waals surface area contributed by atoms with Crippen LogP contribution in [0.3, 0.4) is 0 Å². The number of anilines is 1. The standard InChI is InChI=1S/C13H22IN3O/c1-5-7-10-11(14)13(15-8-6-2)17-12(16-10)9(3)18-4/h9H,5-8H2,1-4H3,(H,15,16,17). The number of methoxy groups -OCH3 is 1. The highest BCUT2D eigenvalue weighted by Gasteiger charge is 2.15. The molecule has 0 saturated heterocycles. The van der Waals surface area contributed by atoms with Crippen molar-refractivity contribution in [1.82, 2.24) is 9.97 Å². The maximum absolute atomic E-state index is 5.31. The van der Waals surface area contributed by atoms with E-state index in [-0.39, 0.29) is 6.10 Å². The Morgan fingerprint density at radius 1 is 1.28 bits per heavy atom. The van der Waals surface area contributed by atoms with E-state index in [1.54, 1.807) is 7.11 Å². The van der Waals surface area contributed by atoms with Crippen LogP contribution >= 0.6 is 22.6 Å². The third-order valence-corrected chi connectivity index (χ3v) is 3.82. The number of halogens is 1. The number of nitrogens with zero attached hydrogens (tertiary/aromatic N) is 2. The summed E-state index contributed by atoms with van der Waals surface area (Å²) in [5, 5.41) is 3.37. The fourth-order valence-corrected chi connectivity index (χ4v) is 2.26. The lowest BCUT2D eigenvalue weighted by atomic mass is 10.2. The van der Waals surface area contributed by atoms with Gasteiger partial charge in [0.05, 0.1) is 9.26 Å². The quantitative estimate of drug-likeness (QED) is 0.753. The van der Waals surface area contributed by atoms with Gasteiger partial charge in [0.15, 0.2) is 5.82 Å². The monoisotopic (exact) mass is 363 g/mol. The molecule has 0 bridgehead atoms. The van der Waals surface area contributed by atoms with Gasteiger partial charge in [-0.15, -0.1) is 0 Å². The van der Waals surface area contributed by atoms with Gasteiger partial charge < -0.3 is 10.1 Å². The number of hydrogen-bond acceptors (Lipinski definition) is 4. The number of ether oxygens (including phenoxy) is 1. The van der Waals surface area contributed by atoms with E-state index in [0.29, 0.717) is 0 Å². The molecule has 0 aliphatic heterocycles. The normalized spacial score (nSPS) is 12.5. The maximum Gasteiger partial charge on any atom is 0.159 e. The first kappa shape index (κ1) is 15.6. The number of rotatable bonds is 7. The minimum atomic E-state index is -0.0696. The summed E-state index contributed by atoms with van der Waals surface area (Å²) in [6, 6.07) is 0. The highest BCUT2D eigenvalue weighted by molar-refractivity contribution is 14.1. The molecule has 0 amide bonds. The van der Waals surface area contributed by atoms with Crippen molar-refractivity contribution in [3.05, 3.63) is 15.1 Å². The highest BCUT2D eigenvalue weighted by Crippen LogP contribution is 2.23. The molecule has 0 spiro atoms. The SMILES string of the molecule is CCCNc1nc(C(C)OC)nc(CCC)c1I. The average molecular weight is 363 g/mol. The van der Waals surface area contributed by atoms with E-state index < -0.39 is 0 Å². The molecule has 102 valence electrons. The van der Waals surface area contributed by atoms with E-state index in [0.717, 1.165) is 46.7 Å². The second-order valence-electron chi connectivity index (χ2n) is 4.25. The molecule has 0 saturated carbocycles. The van der Waals surface area contributed by atoms with Crippen LogP contribution in [-0.2, 0) is 11.2 Å². The van der Waals surface area contributed by atoms with Gasteiger partial charge >= 0.3 is 0 Å². The second kappa shape index (κ2) is 7.89. The smallest absolute Gasteiger partial charge is 0.159 e. The van der Waals surface area contributed by atoms with Gasteiger partial charge in [0.2, 0.25) is 0 Å². The number of aromatic nitrogens is 2. The molecular formula is C13H22IN3O. The van der Waals surface area contributed by atoms with Crippen LogP contribution in [0.2, 0.25) is 0 Å². The fraction of sp³-hybridized carbons (Fsp3) is 0.692. The van der Waals surface area contributed by atoms with E-state index in [4.69, 9.17) is 4.74 Å². The first-order valence-electron chi connectivity index (χ1n) is 6.46. The van der Waals surface area contributed by atoms with E-state index in [9.17, 15) is 0 Å². The Morgan fingerprint density at radius 3 is 2.56 bits per heavy atom. The van der Waals surface area contributed by atoms with Crippen molar-refractivity contribution < 1.29 is 4.74 Å². The van der Waals surface area contributed by atoms with Crippen molar-refractivity contribution in [2.75, 3.05) is 19.0 Å². The van der Waals surface area contributed by atoms with Crippen LogP contribution in [0.1, 0.15) is 51.2 Å². The summed E-state index contributed by atoms with van der Waals surface area (Å²) in [5.74, 6) is 1.70. The summed E-state index contributed by atoms with van der Waals surface area (Å²) < 4.78 is 6.45. The predicted octanol–water partition coefficient (Wildman–Crippen LogP) is 3.56. The van der Waals surface area contributed by atoms with Crippen LogP contribution in [0.25, 0.3) is 0 Å². The van der Waals surface area contributed by atoms with Crippen molar-refractivity contribution in [1.29, 1.82) is 0 Å². The minimum Gasteiger partial charge on any atom is -0.374 e. The zero-order chi connectivity index (χ0) is 13.5. The van der Waals surface area contributed by atoms with E-state index >= 15 is 0 Å². The van der Waals surface area contributed by atoms with Crippen molar-refractivity contribution in [2.24, 2.45) is 0 Å². The minimum absolute atomic E-state index is 0.0696. The molecule has 18 heavy (non-hydrogen) atoms. The van der Waals surface area contributed by atoms with Crippen LogP contribution < -0.4 is 5.32 Å². The topological polar surface area (TPSA) is 47.0 Å². The Morgan fingerprint density at radius 2 is 2.00 bits per heavy atom. The third kappa shape index (κ3) is 4.05. The number of aryl methyl sites for hydroxylation is 1. The molecule has 5 heteroatoms. The second-order valence-corrected chi connectivity index (χ2v) is 5.32. The van der Waals surface area contributed by atoms with Crippen molar-refractivity contribution >= 4 is 28.4 Å². The van der Waals surface area contributed by atoms with Gasteiger partial charge in [-0.3, -0.25) is 0 Å². The van der Waals surface area contributed by atoms with Crippen LogP contribution in [-0.4, -0.2) is 23.6 Å². The average Bonchev–Trinajstić information content (AvgIpc) is 2.39. The molecule has 0 fully saturated rings. The van der Waals surface area contributed by atoms with Gasteiger partial charge in [0.25, 0.3) is 0 Å². The molecule has 1 unspecified atom stereocenters. The lowest BCUT2D eigenvalue weighted by Gasteiger charge is -2.15. The molecule has 1 aromatic rings. The van der Waals surface area contributed by atoms with Gasteiger partial charge in [-0.1, -0.05) is 20.3 Å². The molecule has 0 aliphatic carbocycles. The number of nitrogens with one attached hydrogen (secondary N) is 1. The summed E-state index contributed by atoms with van der Waals surface area (Å²) >= 11 is 2.33. The molecule has 1 N–H and O–H groups in total. The van der Waals surface area contributed by atoms with Gasteiger partial charge in [-0.25, -0.2) is 9.97 Å². The molecular weight excluding hydrogens is 341 g/mol. The number of hydrogen-bond donors (Lipinski definition) is 1. The molecule has 0 aromatic carbocycles. The van der Waals surface area contributed by atoms with Crippen molar-refractivity contribution in [2.45, 2.75) is 46.1 Å². The zero-order valence-corrected chi connectivity index (χ0v) is 13.7. The molecule has 1 rings (SSSR count). The van der Waals surface area contributed by atoms with E-state index in [1.807, 2.05) is 6.92 Å². The molecule has 1 aromatic heterocycles. The Balaban J connectivity index is 3.09. The predicted molar refractivity (Wildman–Crippen MR) is 82.9 cm³/mol. The summed E-state index contributed by atoms with van der Waals surface area (Å²) in [6.45, 7) is 7.21. The Hall–Kier alpha value is -0.430. The lowest BCUT2D eigenvalue weighted by Crippen LogP contribution is -2.13. The molecule has 0 aliphatic rings. The van der Waals surface area contributed by atoms with Gasteiger partial charge in [-0.2, -0.15) is 0 Å². The highest BCUT2D eigenvalue weighted by atomic mass is 127. The summed E-state index contributed by atoms with van der Waals surface area (Å²) in [6.07, 6.45) is 3.07. The summed E-state index contributed by atoms with van der Waals surface area (Å²) in [4.78, 5) is 9.19. The zero-order valence-electron chi connectivity index (χ0n) is 11.6. The van der Waals surface area contributed by atoms with Gasteiger partial charge in [0.1, 0.15) is 11.9 Å². The van der Waals surface area contributed by atoms with Crippen LogP contribution in [0, 0.1) is 3.57 Å². The van der Waals surface area contributed by atoms with Crippen LogP contribution in [0.15, 0.2) is 0 Å². The largest absolute Gasteiger partial charge is 0.374 e. The first-order chi connectivity index (χ1) is 8.63. The Bertz CT molecular complexity index is 385. The van der Waals surface area contributed by atoms with Crippen LogP contribution in [0.5, 0.6) is 0 Å². The summed E-state index contributed by atoms with van der Waals surface area (Å²) in [5.41, 5.74) is 1.12. The fourth-order valence-electron chi connectivity index (χ4n) is 1.56. The van der Waals surface area contributed by atoms with Crippen molar-refractivity contribution in [3.8, 4) is 0 Å². The van der Waals surface area contributed by atoms with Crippen molar-refractivity contribution in [3.63, 3.8) is 0 Å². The maximum atomic E-state index is 5.31. The summed E-state index contributed by atoms with van der Waals surface area (Å²) in [7, 11) is 1.69. The van der Waals surface area contributed by atoms with E-state index in [2.05, 4.69) is 51.7 Å². The molecule has 1 heterocycles.